The minimum atomic E-state index is -0.852. The lowest BCUT2D eigenvalue weighted by Gasteiger charge is -2.29. The van der Waals surface area contributed by atoms with Crippen LogP contribution in [0.1, 0.15) is 83.0 Å². The van der Waals surface area contributed by atoms with Crippen molar-refractivity contribution in [2.45, 2.75) is 104 Å². The molecule has 0 atom stereocenters. The number of benzene rings is 2. The molecule has 0 saturated carbocycles. The van der Waals surface area contributed by atoms with E-state index in [1.165, 1.54) is 48.8 Å². The standard InChI is InChI=1S/C38H42F2N10O4.C10H18O2/c1-25(22-49-16-4-15-44-49)36(52)42-14-3-2-5-31-20-27(23-48-17-12-29(41)13-18-48)35-37(43-24-45-50(31)35)54-33-11-10-30(21-32(33)40)46-38(53)47-34(51)19-26-6-8-28(39)9-7-26;1-5-7-9(11)12-10(3,4)8-6-2/h4,6-11,15-16,20-21,24,29H,1-3,5,12-14,17-19,22-23,41H2,(H,42,52)(H2,46,47,51,53);5,7H,6,8H2,1-4H3/b;7-5+. The van der Waals surface area contributed by atoms with Crippen molar-refractivity contribution in [1.29, 1.82) is 0 Å². The van der Waals surface area contributed by atoms with E-state index in [0.29, 0.717) is 49.1 Å². The Morgan fingerprint density at radius 3 is 2.47 bits per heavy atom. The summed E-state index contributed by atoms with van der Waals surface area (Å²) in [4.78, 5) is 54.9. The first-order valence-corrected chi connectivity index (χ1v) is 22.1. The van der Waals surface area contributed by atoms with Gasteiger partial charge in [-0.3, -0.25) is 24.5 Å². The first-order valence-electron chi connectivity index (χ1n) is 22.1. The molecule has 6 rings (SSSR count). The van der Waals surface area contributed by atoms with Gasteiger partial charge in [-0.1, -0.05) is 38.1 Å². The number of imide groups is 1. The van der Waals surface area contributed by atoms with Gasteiger partial charge >= 0.3 is 12.0 Å². The highest BCUT2D eigenvalue weighted by molar-refractivity contribution is 6.01. The van der Waals surface area contributed by atoms with Crippen LogP contribution in [-0.2, 0) is 45.1 Å². The molecule has 4 amide bonds. The molecule has 352 valence electrons. The van der Waals surface area contributed by atoms with Crippen molar-refractivity contribution in [1.82, 2.24) is 39.9 Å². The van der Waals surface area contributed by atoms with Crippen LogP contribution < -0.4 is 26.4 Å². The number of likely N-dealkylation sites (tertiary alicyclic amines) is 1. The smallest absolute Gasteiger partial charge is 0.330 e. The van der Waals surface area contributed by atoms with Crippen LogP contribution in [0.25, 0.3) is 5.52 Å². The molecule has 1 aliphatic heterocycles. The van der Waals surface area contributed by atoms with Crippen LogP contribution in [0.15, 0.2) is 97.6 Å². The summed E-state index contributed by atoms with van der Waals surface area (Å²) >= 11 is 0. The number of fused-ring (bicyclic) bond motifs is 1. The number of rotatable bonds is 19. The fourth-order valence-corrected chi connectivity index (χ4v) is 7.29. The fourth-order valence-electron chi connectivity index (χ4n) is 7.29. The topological polar surface area (TPSA) is 200 Å². The van der Waals surface area contributed by atoms with Crippen LogP contribution in [-0.4, -0.2) is 84.4 Å². The predicted molar refractivity (Wildman–Crippen MR) is 246 cm³/mol. The number of nitrogens with two attached hydrogens (primary N) is 1. The zero-order chi connectivity index (χ0) is 47.6. The van der Waals surface area contributed by atoms with E-state index in [0.717, 1.165) is 62.5 Å². The molecule has 2 aromatic carbocycles. The summed E-state index contributed by atoms with van der Waals surface area (Å²) in [5.41, 5.74) is 9.29. The number of ether oxygens (including phenoxy) is 2. The van der Waals surface area contributed by atoms with Gasteiger partial charge in [0.15, 0.2) is 11.6 Å². The highest BCUT2D eigenvalue weighted by Gasteiger charge is 2.23. The predicted octanol–water partition coefficient (Wildman–Crippen LogP) is 7.19. The number of carbonyl (C=O) groups is 4. The van der Waals surface area contributed by atoms with Gasteiger partial charge in [-0.15, -0.1) is 0 Å². The first kappa shape index (κ1) is 50.2. The van der Waals surface area contributed by atoms with Crippen molar-refractivity contribution in [3.63, 3.8) is 0 Å². The Morgan fingerprint density at radius 2 is 1.79 bits per heavy atom. The normalized spacial score (nSPS) is 13.2. The maximum Gasteiger partial charge on any atom is 0.330 e. The minimum Gasteiger partial charge on any atom is -0.457 e. The summed E-state index contributed by atoms with van der Waals surface area (Å²) in [6, 6.07) is 12.4. The van der Waals surface area contributed by atoms with Crippen molar-refractivity contribution in [2.24, 2.45) is 5.73 Å². The summed E-state index contributed by atoms with van der Waals surface area (Å²) in [5, 5.41) is 16.2. The third-order valence-electron chi connectivity index (χ3n) is 10.5. The highest BCUT2D eigenvalue weighted by atomic mass is 19.1. The van der Waals surface area contributed by atoms with Crippen molar-refractivity contribution in [2.75, 3.05) is 25.0 Å². The number of piperidine rings is 1. The van der Waals surface area contributed by atoms with Crippen LogP contribution >= 0.6 is 0 Å². The quantitative estimate of drug-likeness (QED) is 0.0371. The van der Waals surface area contributed by atoms with Gasteiger partial charge in [0.2, 0.25) is 17.7 Å². The van der Waals surface area contributed by atoms with E-state index >= 15 is 4.39 Å². The van der Waals surface area contributed by atoms with Crippen LogP contribution in [0.4, 0.5) is 19.3 Å². The average molecular weight is 911 g/mol. The zero-order valence-corrected chi connectivity index (χ0v) is 38.0. The van der Waals surface area contributed by atoms with E-state index in [1.54, 1.807) is 40.7 Å². The maximum atomic E-state index is 15.4. The molecule has 16 nitrogen and oxygen atoms in total. The van der Waals surface area contributed by atoms with Gasteiger partial charge in [0.25, 0.3) is 0 Å². The summed E-state index contributed by atoms with van der Waals surface area (Å²) in [7, 11) is 0. The number of halogens is 2. The number of carbonyl (C=O) groups excluding carboxylic acids is 4. The Balaban J connectivity index is 0.000000597. The zero-order valence-electron chi connectivity index (χ0n) is 38.0. The van der Waals surface area contributed by atoms with E-state index in [-0.39, 0.29) is 47.3 Å². The molecule has 1 saturated heterocycles. The van der Waals surface area contributed by atoms with Crippen LogP contribution in [0.2, 0.25) is 0 Å². The summed E-state index contributed by atoms with van der Waals surface area (Å²) in [5.74, 6) is -2.26. The molecular formula is C48H60F2N10O6. The number of allylic oxidation sites excluding steroid dienone is 1. The maximum absolute atomic E-state index is 15.4. The number of aromatic nitrogens is 5. The van der Waals surface area contributed by atoms with E-state index in [9.17, 15) is 23.6 Å². The Morgan fingerprint density at radius 1 is 1.03 bits per heavy atom. The monoisotopic (exact) mass is 910 g/mol. The summed E-state index contributed by atoms with van der Waals surface area (Å²) in [6.45, 7) is 14.6. The van der Waals surface area contributed by atoms with Crippen LogP contribution in [0.5, 0.6) is 11.6 Å². The number of anilines is 1. The molecule has 66 heavy (non-hydrogen) atoms. The van der Waals surface area contributed by atoms with Crippen LogP contribution in [0.3, 0.4) is 0 Å². The molecule has 0 spiro atoms. The van der Waals surface area contributed by atoms with Crippen LogP contribution in [0, 0.1) is 11.6 Å². The molecule has 0 bridgehead atoms. The minimum absolute atomic E-state index is 0.0900. The number of nitrogens with zero attached hydrogens (tertiary/aromatic N) is 6. The van der Waals surface area contributed by atoms with Crippen molar-refractivity contribution < 1.29 is 37.4 Å². The molecule has 3 aromatic heterocycles. The molecule has 0 aliphatic carbocycles. The van der Waals surface area contributed by atoms with Gasteiger partial charge < -0.3 is 25.8 Å². The Labute approximate surface area is 383 Å². The third-order valence-corrected chi connectivity index (χ3v) is 10.5. The molecular weight excluding hydrogens is 851 g/mol. The number of unbranched alkanes of at least 4 members (excludes halogenated alkanes) is 1. The van der Waals surface area contributed by atoms with Crippen molar-refractivity contribution in [3.05, 3.63) is 126 Å². The van der Waals surface area contributed by atoms with Crippen molar-refractivity contribution in [3.8, 4) is 11.6 Å². The molecule has 5 aromatic rings. The number of aryl methyl sites for hydroxylation is 1. The van der Waals surface area contributed by atoms with Gasteiger partial charge in [-0.25, -0.2) is 22.9 Å². The van der Waals surface area contributed by atoms with E-state index in [2.05, 4.69) is 55.6 Å². The van der Waals surface area contributed by atoms with E-state index in [4.69, 9.17) is 15.2 Å². The highest BCUT2D eigenvalue weighted by Crippen LogP contribution is 2.32. The Hall–Kier alpha value is -6.79. The van der Waals surface area contributed by atoms with Gasteiger partial charge in [-0.2, -0.15) is 15.2 Å². The molecule has 18 heteroatoms. The molecule has 0 unspecified atom stereocenters. The Bertz CT molecular complexity index is 2450. The largest absolute Gasteiger partial charge is 0.457 e. The average Bonchev–Trinajstić information content (AvgIpc) is 3.91. The second-order valence-corrected chi connectivity index (χ2v) is 16.6. The number of hydrogen-bond donors (Lipinski definition) is 4. The lowest BCUT2D eigenvalue weighted by molar-refractivity contribution is -0.150. The molecule has 1 aliphatic rings. The number of amides is 4. The summed E-state index contributed by atoms with van der Waals surface area (Å²) < 4.78 is 43.2. The third kappa shape index (κ3) is 15.7. The van der Waals surface area contributed by atoms with Gasteiger partial charge in [-0.05, 0) is 120 Å². The van der Waals surface area contributed by atoms with Gasteiger partial charge in [0.05, 0.1) is 13.0 Å². The second-order valence-electron chi connectivity index (χ2n) is 16.6. The summed E-state index contributed by atoms with van der Waals surface area (Å²) in [6.07, 6.45) is 13.6. The van der Waals surface area contributed by atoms with E-state index < -0.39 is 23.6 Å². The number of hydrogen-bond acceptors (Lipinski definition) is 11. The van der Waals surface area contributed by atoms with Crippen molar-refractivity contribution >= 4 is 35.0 Å². The molecule has 0 radical (unpaired) electrons. The number of nitrogens with one attached hydrogen (secondary N) is 3. The second kappa shape index (κ2) is 24.5. The van der Waals surface area contributed by atoms with Gasteiger partial charge in [0, 0.05) is 60.6 Å². The van der Waals surface area contributed by atoms with E-state index in [1.807, 2.05) is 13.8 Å². The fraction of sp³-hybridized carbons (Fsp3) is 0.396. The lowest BCUT2D eigenvalue weighted by Crippen LogP contribution is -2.39. The number of esters is 1. The first-order chi connectivity index (χ1) is 31.6. The molecule has 4 heterocycles. The van der Waals surface area contributed by atoms with Gasteiger partial charge in [0.1, 0.15) is 23.3 Å². The molecule has 5 N–H and O–H groups in total. The molecule has 1 fully saturated rings. The number of urea groups is 1. The Kier molecular flexibility index (Phi) is 18.6. The SMILES string of the molecule is C/C=C/C(=O)OC(C)(C)CCC.C=C(Cn1cccn1)C(=O)NCCCCc1cc(CN2CCC(N)CC2)c2c(Oc3ccc(NC(=O)NC(=O)Cc4ccc(F)cc4)cc3F)ncnn12. The lowest BCUT2D eigenvalue weighted by atomic mass is 10.0.